The van der Waals surface area contributed by atoms with Crippen LogP contribution in [0.5, 0.6) is 5.75 Å². The molecular weight excluding hydrogens is 236 g/mol. The molecule has 1 heterocycles. The molecule has 2 aromatic rings. The van der Waals surface area contributed by atoms with Crippen LogP contribution in [0.1, 0.15) is 24.5 Å². The van der Waals surface area contributed by atoms with E-state index >= 15 is 0 Å². The summed E-state index contributed by atoms with van der Waals surface area (Å²) in [6.45, 7) is 3.06. The standard InChI is InChI=1S/C12H16N2O2S/c1-2-16-8-3-4-9-11(7-8)17-12(14-9)10(15)5-6-13/h3-4,7,10,15H,2,5-6,13H2,1H3. The Morgan fingerprint density at radius 1 is 1.53 bits per heavy atom. The molecule has 17 heavy (non-hydrogen) atoms. The van der Waals surface area contributed by atoms with E-state index < -0.39 is 6.10 Å². The Bertz CT molecular complexity index is 498. The zero-order chi connectivity index (χ0) is 12.3. The molecule has 92 valence electrons. The average Bonchev–Trinajstić information content (AvgIpc) is 2.73. The Balaban J connectivity index is 2.30. The van der Waals surface area contributed by atoms with E-state index in [9.17, 15) is 5.11 Å². The minimum absolute atomic E-state index is 0.460. The monoisotopic (exact) mass is 252 g/mol. The molecule has 4 nitrogen and oxygen atoms in total. The first kappa shape index (κ1) is 12.3. The average molecular weight is 252 g/mol. The first-order chi connectivity index (χ1) is 8.24. The van der Waals surface area contributed by atoms with Crippen molar-refractivity contribution < 1.29 is 9.84 Å². The molecule has 1 unspecified atom stereocenters. The lowest BCUT2D eigenvalue weighted by Crippen LogP contribution is -2.06. The van der Waals surface area contributed by atoms with Gasteiger partial charge in [0, 0.05) is 0 Å². The topological polar surface area (TPSA) is 68.4 Å². The second-order valence-corrected chi connectivity index (χ2v) is 4.77. The summed E-state index contributed by atoms with van der Waals surface area (Å²) in [6, 6.07) is 5.76. The first-order valence-electron chi connectivity index (χ1n) is 5.66. The minimum Gasteiger partial charge on any atom is -0.494 e. The van der Waals surface area contributed by atoms with Crippen LogP contribution in [0.25, 0.3) is 10.2 Å². The fourth-order valence-electron chi connectivity index (χ4n) is 1.60. The number of hydrogen-bond acceptors (Lipinski definition) is 5. The van der Waals surface area contributed by atoms with Crippen molar-refractivity contribution in [2.75, 3.05) is 13.2 Å². The summed E-state index contributed by atoms with van der Waals surface area (Å²) >= 11 is 1.49. The predicted molar refractivity (Wildman–Crippen MR) is 69.4 cm³/mol. The largest absolute Gasteiger partial charge is 0.494 e. The van der Waals surface area contributed by atoms with E-state index in [4.69, 9.17) is 10.5 Å². The van der Waals surface area contributed by atoms with Gasteiger partial charge in [0.15, 0.2) is 0 Å². The van der Waals surface area contributed by atoms with E-state index in [1.54, 1.807) is 0 Å². The van der Waals surface area contributed by atoms with Gasteiger partial charge < -0.3 is 15.6 Å². The highest BCUT2D eigenvalue weighted by molar-refractivity contribution is 7.18. The highest BCUT2D eigenvalue weighted by Gasteiger charge is 2.12. The number of nitrogens with two attached hydrogens (primary N) is 1. The van der Waals surface area contributed by atoms with E-state index in [1.165, 1.54) is 11.3 Å². The van der Waals surface area contributed by atoms with Crippen molar-refractivity contribution in [1.29, 1.82) is 0 Å². The zero-order valence-corrected chi connectivity index (χ0v) is 10.5. The molecule has 0 aliphatic heterocycles. The lowest BCUT2D eigenvalue weighted by Gasteiger charge is -2.03. The molecule has 0 amide bonds. The normalized spacial score (nSPS) is 12.9. The molecule has 0 radical (unpaired) electrons. The minimum atomic E-state index is -0.562. The number of ether oxygens (including phenoxy) is 1. The number of aromatic nitrogens is 1. The van der Waals surface area contributed by atoms with Crippen LogP contribution in [0.4, 0.5) is 0 Å². The van der Waals surface area contributed by atoms with Gasteiger partial charge >= 0.3 is 0 Å². The lowest BCUT2D eigenvalue weighted by molar-refractivity contribution is 0.170. The second-order valence-electron chi connectivity index (χ2n) is 3.71. The van der Waals surface area contributed by atoms with Crippen LogP contribution in [-0.2, 0) is 0 Å². The Morgan fingerprint density at radius 2 is 2.35 bits per heavy atom. The molecular formula is C12H16N2O2S. The van der Waals surface area contributed by atoms with E-state index in [-0.39, 0.29) is 0 Å². The fraction of sp³-hybridized carbons (Fsp3) is 0.417. The van der Waals surface area contributed by atoms with Crippen molar-refractivity contribution in [3.05, 3.63) is 23.2 Å². The van der Waals surface area contributed by atoms with Gasteiger partial charge in [0.2, 0.25) is 0 Å². The molecule has 0 aliphatic carbocycles. The SMILES string of the molecule is CCOc1ccc2nc(C(O)CCN)sc2c1. The van der Waals surface area contributed by atoms with Gasteiger partial charge in [0.05, 0.1) is 16.8 Å². The van der Waals surface area contributed by atoms with Gasteiger partial charge in [0.25, 0.3) is 0 Å². The number of hydrogen-bond donors (Lipinski definition) is 2. The number of thiazole rings is 1. The van der Waals surface area contributed by atoms with Crippen molar-refractivity contribution >= 4 is 21.6 Å². The summed E-state index contributed by atoms with van der Waals surface area (Å²) in [5, 5.41) is 10.6. The van der Waals surface area contributed by atoms with Gasteiger partial charge in [-0.2, -0.15) is 0 Å². The maximum Gasteiger partial charge on any atom is 0.123 e. The van der Waals surface area contributed by atoms with E-state index in [0.29, 0.717) is 19.6 Å². The summed E-state index contributed by atoms with van der Waals surface area (Å²) < 4.78 is 6.46. The summed E-state index contributed by atoms with van der Waals surface area (Å²) in [4.78, 5) is 4.39. The van der Waals surface area contributed by atoms with E-state index in [0.717, 1.165) is 21.0 Å². The Labute approximate surface area is 104 Å². The van der Waals surface area contributed by atoms with Crippen LogP contribution in [0, 0.1) is 0 Å². The molecule has 0 saturated heterocycles. The van der Waals surface area contributed by atoms with Crippen molar-refractivity contribution in [2.24, 2.45) is 5.73 Å². The van der Waals surface area contributed by atoms with Crippen LogP contribution in [-0.4, -0.2) is 23.2 Å². The number of fused-ring (bicyclic) bond motifs is 1. The Kier molecular flexibility index (Phi) is 3.93. The van der Waals surface area contributed by atoms with Crippen LogP contribution in [0.3, 0.4) is 0 Å². The fourth-order valence-corrected chi connectivity index (χ4v) is 2.62. The second kappa shape index (κ2) is 5.44. The third kappa shape index (κ3) is 2.74. The molecule has 0 spiro atoms. The van der Waals surface area contributed by atoms with Crippen LogP contribution < -0.4 is 10.5 Å². The molecule has 2 rings (SSSR count). The first-order valence-corrected chi connectivity index (χ1v) is 6.47. The molecule has 3 N–H and O–H groups in total. The number of benzene rings is 1. The third-order valence-corrected chi connectivity index (χ3v) is 3.53. The number of aliphatic hydroxyl groups is 1. The van der Waals surface area contributed by atoms with Crippen LogP contribution in [0.15, 0.2) is 18.2 Å². The van der Waals surface area contributed by atoms with Gasteiger partial charge in [-0.15, -0.1) is 11.3 Å². The highest BCUT2D eigenvalue weighted by Crippen LogP contribution is 2.30. The molecule has 0 aliphatic rings. The molecule has 1 atom stereocenters. The highest BCUT2D eigenvalue weighted by atomic mass is 32.1. The maximum absolute atomic E-state index is 9.83. The van der Waals surface area contributed by atoms with Crippen molar-refractivity contribution in [2.45, 2.75) is 19.4 Å². The summed E-state index contributed by atoms with van der Waals surface area (Å²) in [5.41, 5.74) is 6.31. The number of rotatable bonds is 5. The van der Waals surface area contributed by atoms with Crippen LogP contribution >= 0.6 is 11.3 Å². The molecule has 5 heteroatoms. The number of nitrogens with zero attached hydrogens (tertiary/aromatic N) is 1. The zero-order valence-electron chi connectivity index (χ0n) is 9.72. The maximum atomic E-state index is 9.83. The number of aliphatic hydroxyl groups excluding tert-OH is 1. The van der Waals surface area contributed by atoms with Gasteiger partial charge in [0.1, 0.15) is 16.9 Å². The molecule has 1 aromatic heterocycles. The van der Waals surface area contributed by atoms with Crippen molar-refractivity contribution in [3.8, 4) is 5.75 Å². The summed E-state index contributed by atoms with van der Waals surface area (Å²) in [6.07, 6.45) is -0.0223. The Morgan fingerprint density at radius 3 is 3.06 bits per heavy atom. The summed E-state index contributed by atoms with van der Waals surface area (Å²) in [5.74, 6) is 0.837. The van der Waals surface area contributed by atoms with Crippen molar-refractivity contribution in [3.63, 3.8) is 0 Å². The van der Waals surface area contributed by atoms with Gasteiger partial charge in [-0.3, -0.25) is 0 Å². The van der Waals surface area contributed by atoms with Gasteiger partial charge in [-0.05, 0) is 38.1 Å². The Hall–Kier alpha value is -1.17. The van der Waals surface area contributed by atoms with E-state index in [2.05, 4.69) is 4.98 Å². The predicted octanol–water partition coefficient (Wildman–Crippen LogP) is 2.08. The van der Waals surface area contributed by atoms with Crippen LogP contribution in [0.2, 0.25) is 0 Å². The molecule has 0 fully saturated rings. The molecule has 0 bridgehead atoms. The lowest BCUT2D eigenvalue weighted by atomic mass is 10.2. The third-order valence-electron chi connectivity index (χ3n) is 2.41. The molecule has 0 saturated carbocycles. The summed E-state index contributed by atoms with van der Waals surface area (Å²) in [7, 11) is 0. The quantitative estimate of drug-likeness (QED) is 0.855. The van der Waals surface area contributed by atoms with Crippen molar-refractivity contribution in [1.82, 2.24) is 4.98 Å². The van der Waals surface area contributed by atoms with Gasteiger partial charge in [-0.1, -0.05) is 0 Å². The smallest absolute Gasteiger partial charge is 0.123 e. The van der Waals surface area contributed by atoms with E-state index in [1.807, 2.05) is 25.1 Å². The van der Waals surface area contributed by atoms with Gasteiger partial charge in [-0.25, -0.2) is 4.98 Å². The molecule has 1 aromatic carbocycles.